The van der Waals surface area contributed by atoms with Gasteiger partial charge in [0.25, 0.3) is 0 Å². The number of aromatic carboxylic acids is 1. The maximum absolute atomic E-state index is 11.4. The molecule has 0 bridgehead atoms. The highest BCUT2D eigenvalue weighted by Crippen LogP contribution is 2.77. The van der Waals surface area contributed by atoms with Gasteiger partial charge < -0.3 is 10.0 Å². The van der Waals surface area contributed by atoms with E-state index in [0.717, 1.165) is 24.2 Å². The van der Waals surface area contributed by atoms with Crippen molar-refractivity contribution in [3.05, 3.63) is 54.1 Å². The molecule has 8 atom stereocenters. The summed E-state index contributed by atoms with van der Waals surface area (Å²) in [4.78, 5) is 13.9. The predicted octanol–water partition coefficient (Wildman–Crippen LogP) is 9.99. The number of hydrogen-bond acceptors (Lipinski definition) is 2. The number of carboxylic acids is 1. The van der Waals surface area contributed by atoms with E-state index < -0.39 is 5.97 Å². The molecule has 0 amide bonds. The smallest absolute Gasteiger partial charge is 0.335 e. The van der Waals surface area contributed by atoms with E-state index >= 15 is 0 Å². The molecule has 3 nitrogen and oxygen atoms in total. The van der Waals surface area contributed by atoms with E-state index in [9.17, 15) is 9.90 Å². The van der Waals surface area contributed by atoms with Gasteiger partial charge in [-0.25, -0.2) is 4.79 Å². The molecule has 0 spiro atoms. The fourth-order valence-corrected chi connectivity index (χ4v) is 12.5. The van der Waals surface area contributed by atoms with Crippen LogP contribution in [-0.4, -0.2) is 36.6 Å². The van der Waals surface area contributed by atoms with Crippen LogP contribution in [0, 0.1) is 50.7 Å². The van der Waals surface area contributed by atoms with Crippen molar-refractivity contribution in [3.63, 3.8) is 0 Å². The summed E-state index contributed by atoms with van der Waals surface area (Å²) in [5.74, 6) is 2.40. The highest BCUT2D eigenvalue weighted by atomic mass is 16.4. The molecular weight excluding hydrogens is 514 g/mol. The minimum Gasteiger partial charge on any atom is -0.478 e. The third kappa shape index (κ3) is 4.58. The first kappa shape index (κ1) is 31.6. The Morgan fingerprint density at radius 3 is 2.19 bits per heavy atom. The fourth-order valence-electron chi connectivity index (χ4n) is 12.5. The minimum atomic E-state index is -0.846. The van der Waals surface area contributed by atoms with Crippen molar-refractivity contribution in [1.82, 2.24) is 4.90 Å². The molecule has 5 aliphatic rings. The SMILES string of the molecule is C=CC.CN(C)CC12CCCC1C1CCC3C4(C)CC=C(c5ccc(C(=O)O)cc5)C(C)(C)C4CCC3(C)[C@]1(C)CC2. The summed E-state index contributed by atoms with van der Waals surface area (Å²) < 4.78 is 0. The number of carbonyl (C=O) groups is 1. The highest BCUT2D eigenvalue weighted by molar-refractivity contribution is 5.88. The van der Waals surface area contributed by atoms with E-state index in [1.165, 1.54) is 75.5 Å². The molecule has 232 valence electrons. The Labute approximate surface area is 257 Å². The first-order chi connectivity index (χ1) is 19.7. The van der Waals surface area contributed by atoms with E-state index in [4.69, 9.17) is 0 Å². The van der Waals surface area contributed by atoms with Gasteiger partial charge in [0, 0.05) is 6.54 Å². The van der Waals surface area contributed by atoms with Gasteiger partial charge in [0.15, 0.2) is 0 Å². The first-order valence-electron chi connectivity index (χ1n) is 17.0. The van der Waals surface area contributed by atoms with Gasteiger partial charge in [-0.1, -0.05) is 65.3 Å². The summed E-state index contributed by atoms with van der Waals surface area (Å²) in [5, 5.41) is 9.40. The Balaban J connectivity index is 0.00000113. The van der Waals surface area contributed by atoms with E-state index in [1.54, 1.807) is 18.2 Å². The molecule has 0 radical (unpaired) electrons. The standard InChI is InChI=1S/C36H53NO2.C3H6/c1-32(2)26(24-10-12-25(13-11-24)31(38)39)16-19-33(3)29(32)17-20-35(5)30(33)15-14-27-28-9-8-18-36(28,23-37(6)7)22-21-34(27,35)4;1-3-2/h10-13,16,27-30H,8-9,14-15,17-23H2,1-7H3,(H,38,39);3H,1H2,2H3/t27?,28?,29?,30?,33?,34-,35?,36?;/m1./s1. The van der Waals surface area contributed by atoms with Crippen LogP contribution in [0.25, 0.3) is 5.57 Å². The number of allylic oxidation sites excluding steroid dienone is 3. The third-order valence-electron chi connectivity index (χ3n) is 14.2. The molecule has 42 heavy (non-hydrogen) atoms. The Morgan fingerprint density at radius 2 is 1.57 bits per heavy atom. The number of benzene rings is 1. The molecule has 0 aromatic heterocycles. The lowest BCUT2D eigenvalue weighted by atomic mass is 9.32. The second-order valence-electron chi connectivity index (χ2n) is 16.6. The molecule has 4 fully saturated rings. The average Bonchev–Trinajstić information content (AvgIpc) is 3.32. The van der Waals surface area contributed by atoms with Crippen molar-refractivity contribution < 1.29 is 9.90 Å². The van der Waals surface area contributed by atoms with E-state index in [0.29, 0.717) is 33.1 Å². The normalized spacial score (nSPS) is 41.7. The summed E-state index contributed by atoms with van der Waals surface area (Å²) in [6.45, 7) is 19.7. The zero-order valence-corrected chi connectivity index (χ0v) is 28.1. The zero-order chi connectivity index (χ0) is 30.7. The number of nitrogens with zero attached hydrogens (tertiary/aromatic N) is 1. The van der Waals surface area contributed by atoms with Crippen LogP contribution < -0.4 is 0 Å². The Kier molecular flexibility index (Phi) is 8.21. The van der Waals surface area contributed by atoms with Crippen LogP contribution in [0.2, 0.25) is 0 Å². The Hall–Kier alpha value is -1.87. The van der Waals surface area contributed by atoms with Crippen LogP contribution >= 0.6 is 0 Å². The molecule has 4 saturated carbocycles. The monoisotopic (exact) mass is 573 g/mol. The molecule has 0 saturated heterocycles. The van der Waals surface area contributed by atoms with Crippen molar-refractivity contribution in [3.8, 4) is 0 Å². The highest BCUT2D eigenvalue weighted by Gasteiger charge is 2.69. The maximum Gasteiger partial charge on any atom is 0.335 e. The van der Waals surface area contributed by atoms with Crippen LogP contribution in [-0.2, 0) is 0 Å². The van der Waals surface area contributed by atoms with Crippen LogP contribution in [0.4, 0.5) is 0 Å². The largest absolute Gasteiger partial charge is 0.478 e. The molecule has 7 unspecified atom stereocenters. The van der Waals surface area contributed by atoms with Crippen LogP contribution in [0.3, 0.4) is 0 Å². The summed E-state index contributed by atoms with van der Waals surface area (Å²) in [6.07, 6.45) is 18.2. The summed E-state index contributed by atoms with van der Waals surface area (Å²) >= 11 is 0. The Bertz CT molecular complexity index is 1210. The van der Waals surface area contributed by atoms with Crippen molar-refractivity contribution in [1.29, 1.82) is 0 Å². The summed E-state index contributed by atoms with van der Waals surface area (Å²) in [7, 11) is 4.59. The number of fused-ring (bicyclic) bond motifs is 7. The zero-order valence-electron chi connectivity index (χ0n) is 28.1. The molecule has 6 rings (SSSR count). The van der Waals surface area contributed by atoms with Gasteiger partial charge in [-0.15, -0.1) is 6.58 Å². The number of hydrogen-bond donors (Lipinski definition) is 1. The Morgan fingerprint density at radius 1 is 0.905 bits per heavy atom. The van der Waals surface area contributed by atoms with Crippen molar-refractivity contribution in [2.45, 2.75) is 106 Å². The molecular formula is C39H59NO2. The number of rotatable bonds is 4. The van der Waals surface area contributed by atoms with Gasteiger partial charge in [0.2, 0.25) is 0 Å². The predicted molar refractivity (Wildman–Crippen MR) is 176 cm³/mol. The quantitative estimate of drug-likeness (QED) is 0.364. The molecule has 1 N–H and O–H groups in total. The van der Waals surface area contributed by atoms with Gasteiger partial charge in [-0.3, -0.25) is 0 Å². The van der Waals surface area contributed by atoms with Crippen LogP contribution in [0.1, 0.15) is 122 Å². The molecule has 1 aromatic carbocycles. The molecule has 0 heterocycles. The molecule has 0 aliphatic heterocycles. The summed E-state index contributed by atoms with van der Waals surface area (Å²) in [6, 6.07) is 7.65. The van der Waals surface area contributed by atoms with E-state index in [-0.39, 0.29) is 5.41 Å². The maximum atomic E-state index is 11.4. The second kappa shape index (κ2) is 10.9. The van der Waals surface area contributed by atoms with Gasteiger partial charge in [0.05, 0.1) is 5.56 Å². The van der Waals surface area contributed by atoms with Gasteiger partial charge in [-0.05, 0) is 153 Å². The van der Waals surface area contributed by atoms with Crippen LogP contribution in [0.15, 0.2) is 43.0 Å². The fraction of sp³-hybridized carbons (Fsp3) is 0.718. The molecule has 1 aromatic rings. The summed E-state index contributed by atoms with van der Waals surface area (Å²) in [5.41, 5.74) is 4.86. The lowest BCUT2D eigenvalue weighted by Gasteiger charge is -2.72. The second-order valence-corrected chi connectivity index (χ2v) is 16.6. The lowest BCUT2D eigenvalue weighted by molar-refractivity contribution is -0.223. The van der Waals surface area contributed by atoms with E-state index in [1.807, 2.05) is 19.1 Å². The van der Waals surface area contributed by atoms with Gasteiger partial charge >= 0.3 is 5.97 Å². The third-order valence-corrected chi connectivity index (χ3v) is 14.2. The van der Waals surface area contributed by atoms with Crippen molar-refractivity contribution in [2.75, 3.05) is 20.6 Å². The minimum absolute atomic E-state index is 0.0791. The van der Waals surface area contributed by atoms with Crippen LogP contribution in [0.5, 0.6) is 0 Å². The van der Waals surface area contributed by atoms with E-state index in [2.05, 4.69) is 66.3 Å². The first-order valence-corrected chi connectivity index (χ1v) is 17.0. The topological polar surface area (TPSA) is 40.5 Å². The van der Waals surface area contributed by atoms with Gasteiger partial charge in [0.1, 0.15) is 0 Å². The van der Waals surface area contributed by atoms with Gasteiger partial charge in [-0.2, -0.15) is 0 Å². The average molecular weight is 574 g/mol. The lowest BCUT2D eigenvalue weighted by Crippen LogP contribution is -2.65. The number of carboxylic acid groups (broad SMARTS) is 1. The van der Waals surface area contributed by atoms with Crippen molar-refractivity contribution >= 4 is 11.5 Å². The molecule has 3 heteroatoms. The molecule has 5 aliphatic carbocycles. The van der Waals surface area contributed by atoms with Crippen molar-refractivity contribution in [2.24, 2.45) is 50.7 Å².